The first kappa shape index (κ1) is 22.5. The molecule has 0 aromatic heterocycles. The lowest BCUT2D eigenvalue weighted by Gasteiger charge is -2.38. The van der Waals surface area contributed by atoms with E-state index in [-0.39, 0.29) is 16.2 Å². The lowest BCUT2D eigenvalue weighted by molar-refractivity contribution is 0.443. The Hall–Kier alpha value is -1.76. The van der Waals surface area contributed by atoms with E-state index < -0.39 is 0 Å². The monoisotopic (exact) mass is 380 g/mol. The van der Waals surface area contributed by atoms with Gasteiger partial charge in [0.15, 0.2) is 0 Å². The summed E-state index contributed by atoms with van der Waals surface area (Å²) >= 11 is 0. The summed E-state index contributed by atoms with van der Waals surface area (Å²) in [6.45, 7) is 20.5. The molecule has 0 saturated heterocycles. The highest BCUT2D eigenvalue weighted by Crippen LogP contribution is 2.45. The van der Waals surface area contributed by atoms with Crippen molar-refractivity contribution in [2.45, 2.75) is 97.8 Å². The number of phenolic OH excluding ortho intramolecular Hbond substituents is 1. The fraction of sp³-hybridized carbons (Fsp3) is 0.556. The molecular weight excluding hydrogens is 340 g/mol. The SMILES string of the molecule is CC(C)(C)c1cc(O)c(CCCc2ccccc2)c(C(C)(C)C)c1C(C)(C)C. The zero-order valence-corrected chi connectivity index (χ0v) is 19.5. The maximum Gasteiger partial charge on any atom is 0.119 e. The minimum atomic E-state index is -0.0244. The van der Waals surface area contributed by atoms with Gasteiger partial charge in [0.25, 0.3) is 0 Å². The van der Waals surface area contributed by atoms with E-state index in [1.807, 2.05) is 6.07 Å². The van der Waals surface area contributed by atoms with E-state index >= 15 is 0 Å². The average molecular weight is 381 g/mol. The summed E-state index contributed by atoms with van der Waals surface area (Å²) in [4.78, 5) is 0. The maximum atomic E-state index is 11.1. The standard InChI is InChI=1S/C27H40O/c1-25(2,3)21-18-22(28)20(17-13-16-19-14-11-10-12-15-19)23(26(4,5)6)24(21)27(7,8)9/h10-12,14-15,18,28H,13,16-17H2,1-9H3. The highest BCUT2D eigenvalue weighted by atomic mass is 16.3. The number of aryl methyl sites for hydroxylation is 1. The van der Waals surface area contributed by atoms with Gasteiger partial charge in [0.2, 0.25) is 0 Å². The molecule has 0 amide bonds. The molecule has 28 heavy (non-hydrogen) atoms. The van der Waals surface area contributed by atoms with Gasteiger partial charge in [0.1, 0.15) is 5.75 Å². The Bertz CT molecular complexity index is 793. The molecule has 0 aliphatic carbocycles. The fourth-order valence-corrected chi connectivity index (χ4v) is 4.27. The van der Waals surface area contributed by atoms with Gasteiger partial charge in [0, 0.05) is 0 Å². The average Bonchev–Trinajstić information content (AvgIpc) is 2.53. The molecule has 2 aromatic carbocycles. The van der Waals surface area contributed by atoms with Crippen LogP contribution in [0.1, 0.15) is 96.6 Å². The summed E-state index contributed by atoms with van der Waals surface area (Å²) in [6, 6.07) is 12.7. The highest BCUT2D eigenvalue weighted by molar-refractivity contribution is 5.56. The first-order chi connectivity index (χ1) is 12.7. The smallest absolute Gasteiger partial charge is 0.119 e. The molecule has 1 nitrogen and oxygen atoms in total. The molecule has 0 fully saturated rings. The lowest BCUT2D eigenvalue weighted by atomic mass is 9.66. The van der Waals surface area contributed by atoms with Gasteiger partial charge >= 0.3 is 0 Å². The lowest BCUT2D eigenvalue weighted by Crippen LogP contribution is -2.29. The summed E-state index contributed by atoms with van der Waals surface area (Å²) in [5, 5.41) is 11.1. The molecule has 2 aromatic rings. The third kappa shape index (κ3) is 5.19. The number of benzene rings is 2. The Labute approximate surface area is 173 Å². The van der Waals surface area contributed by atoms with E-state index in [0.29, 0.717) is 5.75 Å². The zero-order valence-electron chi connectivity index (χ0n) is 19.5. The molecule has 0 unspecified atom stereocenters. The molecule has 0 aliphatic rings. The maximum absolute atomic E-state index is 11.1. The van der Waals surface area contributed by atoms with Crippen LogP contribution in [0.5, 0.6) is 5.75 Å². The van der Waals surface area contributed by atoms with Gasteiger partial charge in [-0.1, -0.05) is 92.6 Å². The van der Waals surface area contributed by atoms with Crippen LogP contribution in [0.25, 0.3) is 0 Å². The number of hydrogen-bond acceptors (Lipinski definition) is 1. The van der Waals surface area contributed by atoms with Gasteiger partial charge < -0.3 is 5.11 Å². The quantitative estimate of drug-likeness (QED) is 0.583. The van der Waals surface area contributed by atoms with Crippen LogP contribution in [0.15, 0.2) is 36.4 Å². The first-order valence-corrected chi connectivity index (χ1v) is 10.7. The van der Waals surface area contributed by atoms with E-state index in [1.54, 1.807) is 0 Å². The Kier molecular flexibility index (Phi) is 6.38. The summed E-state index contributed by atoms with van der Waals surface area (Å²) in [6.07, 6.45) is 2.98. The van der Waals surface area contributed by atoms with Gasteiger partial charge in [-0.25, -0.2) is 0 Å². The third-order valence-electron chi connectivity index (χ3n) is 5.45. The van der Waals surface area contributed by atoms with E-state index in [0.717, 1.165) is 24.8 Å². The second-order valence-electron chi connectivity index (χ2n) is 11.3. The van der Waals surface area contributed by atoms with Gasteiger partial charge in [-0.2, -0.15) is 0 Å². The predicted molar refractivity (Wildman–Crippen MR) is 123 cm³/mol. The topological polar surface area (TPSA) is 20.2 Å². The normalized spacial score (nSPS) is 13.0. The van der Waals surface area contributed by atoms with Crippen LogP contribution in [0, 0.1) is 0 Å². The molecule has 0 radical (unpaired) electrons. The Morgan fingerprint density at radius 1 is 0.679 bits per heavy atom. The second kappa shape index (κ2) is 7.93. The van der Waals surface area contributed by atoms with Crippen LogP contribution in [-0.2, 0) is 29.1 Å². The van der Waals surface area contributed by atoms with Gasteiger partial charge in [-0.3, -0.25) is 0 Å². The van der Waals surface area contributed by atoms with E-state index in [2.05, 4.69) is 92.6 Å². The van der Waals surface area contributed by atoms with Crippen molar-refractivity contribution < 1.29 is 5.11 Å². The van der Waals surface area contributed by atoms with Gasteiger partial charge in [-0.05, 0) is 69.4 Å². The van der Waals surface area contributed by atoms with Crippen LogP contribution < -0.4 is 0 Å². The Morgan fingerprint density at radius 3 is 1.68 bits per heavy atom. The molecule has 0 atom stereocenters. The number of rotatable bonds is 4. The number of hydrogen-bond donors (Lipinski definition) is 1. The van der Waals surface area contributed by atoms with Crippen LogP contribution in [-0.4, -0.2) is 5.11 Å². The third-order valence-corrected chi connectivity index (χ3v) is 5.45. The van der Waals surface area contributed by atoms with Gasteiger partial charge in [0.05, 0.1) is 0 Å². The van der Waals surface area contributed by atoms with Crippen molar-refractivity contribution in [3.8, 4) is 5.75 Å². The summed E-state index contributed by atoms with van der Waals surface area (Å²) in [5.41, 5.74) is 6.52. The summed E-state index contributed by atoms with van der Waals surface area (Å²) in [7, 11) is 0. The zero-order chi connectivity index (χ0) is 21.3. The summed E-state index contributed by atoms with van der Waals surface area (Å²) < 4.78 is 0. The van der Waals surface area contributed by atoms with E-state index in [1.165, 1.54) is 22.3 Å². The molecule has 0 spiro atoms. The second-order valence-corrected chi connectivity index (χ2v) is 11.3. The number of aromatic hydroxyl groups is 1. The Morgan fingerprint density at radius 2 is 1.21 bits per heavy atom. The first-order valence-electron chi connectivity index (χ1n) is 10.7. The van der Waals surface area contributed by atoms with Crippen LogP contribution in [0.2, 0.25) is 0 Å². The molecule has 0 saturated carbocycles. The summed E-state index contributed by atoms with van der Waals surface area (Å²) in [5.74, 6) is 0.468. The molecule has 2 rings (SSSR count). The highest BCUT2D eigenvalue weighted by Gasteiger charge is 2.34. The largest absolute Gasteiger partial charge is 0.508 e. The van der Waals surface area contributed by atoms with Crippen molar-refractivity contribution >= 4 is 0 Å². The van der Waals surface area contributed by atoms with Crippen molar-refractivity contribution in [3.05, 3.63) is 64.2 Å². The molecule has 154 valence electrons. The van der Waals surface area contributed by atoms with E-state index in [9.17, 15) is 5.11 Å². The predicted octanol–water partition coefficient (Wildman–Crippen LogP) is 7.46. The van der Waals surface area contributed by atoms with Crippen LogP contribution >= 0.6 is 0 Å². The minimum absolute atomic E-state index is 0.0112. The van der Waals surface area contributed by atoms with Crippen molar-refractivity contribution in [1.29, 1.82) is 0 Å². The van der Waals surface area contributed by atoms with E-state index in [4.69, 9.17) is 0 Å². The molecule has 0 bridgehead atoms. The van der Waals surface area contributed by atoms with Gasteiger partial charge in [-0.15, -0.1) is 0 Å². The molecular formula is C27H40O. The van der Waals surface area contributed by atoms with Crippen molar-refractivity contribution in [2.75, 3.05) is 0 Å². The molecule has 1 heteroatoms. The van der Waals surface area contributed by atoms with Crippen LogP contribution in [0.4, 0.5) is 0 Å². The molecule has 0 aliphatic heterocycles. The van der Waals surface area contributed by atoms with Crippen molar-refractivity contribution in [2.24, 2.45) is 0 Å². The number of phenols is 1. The minimum Gasteiger partial charge on any atom is -0.508 e. The Balaban J connectivity index is 2.58. The van der Waals surface area contributed by atoms with Crippen molar-refractivity contribution in [3.63, 3.8) is 0 Å². The fourth-order valence-electron chi connectivity index (χ4n) is 4.27. The molecule has 1 N–H and O–H groups in total. The molecule has 0 heterocycles. The van der Waals surface area contributed by atoms with Crippen molar-refractivity contribution in [1.82, 2.24) is 0 Å². The van der Waals surface area contributed by atoms with Crippen LogP contribution in [0.3, 0.4) is 0 Å².